The first kappa shape index (κ1) is 19.1. The highest BCUT2D eigenvalue weighted by molar-refractivity contribution is 7.96. The molecule has 0 heterocycles. The van der Waals surface area contributed by atoms with Gasteiger partial charge in [0.15, 0.2) is 0 Å². The smallest absolute Gasteiger partial charge is 0.401 e. The van der Waals surface area contributed by atoms with Crippen LogP contribution in [0.2, 0.25) is 0 Å². The summed E-state index contributed by atoms with van der Waals surface area (Å²) in [5, 5.41) is 12.7. The van der Waals surface area contributed by atoms with Crippen LogP contribution in [0.15, 0.2) is 12.1 Å². The Morgan fingerprint density at radius 1 is 1.43 bits per heavy atom. The third-order valence-corrected chi connectivity index (χ3v) is 3.61. The lowest BCUT2D eigenvalue weighted by atomic mass is 9.87. The van der Waals surface area contributed by atoms with Crippen molar-refractivity contribution in [3.05, 3.63) is 28.8 Å². The van der Waals surface area contributed by atoms with Gasteiger partial charge in [0.2, 0.25) is 5.71 Å². The minimum absolute atomic E-state index is 0.695. The number of thiol groups is 1. The van der Waals surface area contributed by atoms with Crippen LogP contribution < -0.4 is 19.8 Å². The summed E-state index contributed by atoms with van der Waals surface area (Å²) in [4.78, 5) is 8.89. The van der Waals surface area contributed by atoms with Gasteiger partial charge in [-0.25, -0.2) is 4.67 Å². The summed E-state index contributed by atoms with van der Waals surface area (Å²) >= 11 is 4.38. The molecule has 0 aromatic heterocycles. The maximum absolute atomic E-state index is 8.89. The lowest BCUT2D eigenvalue weighted by Gasteiger charge is -2.17. The molecule has 0 atom stereocenters. The molecule has 23 heavy (non-hydrogen) atoms. The minimum atomic E-state index is -1.08. The number of amidine groups is 1. The topological polar surface area (TPSA) is 75.5 Å². The fourth-order valence-corrected chi connectivity index (χ4v) is 2.84. The highest BCUT2D eigenvalue weighted by atomic mass is 32.1. The number of carboxylic acids is 1. The Morgan fingerprint density at radius 2 is 2.09 bits per heavy atom. The molecule has 0 aliphatic heterocycles. The first-order valence-corrected chi connectivity index (χ1v) is 8.06. The van der Waals surface area contributed by atoms with E-state index in [0.29, 0.717) is 5.17 Å². The molecule has 0 bridgehead atoms. The molecule has 2 rings (SSSR count). The summed E-state index contributed by atoms with van der Waals surface area (Å²) in [6, 6.07) is 4.20. The number of hydrogen-bond donors (Lipinski definition) is 2. The van der Waals surface area contributed by atoms with E-state index in [-0.39, 0.29) is 0 Å². The molecule has 0 spiro atoms. The van der Waals surface area contributed by atoms with Gasteiger partial charge in [-0.1, -0.05) is 0 Å². The van der Waals surface area contributed by atoms with Gasteiger partial charge in [-0.3, -0.25) is 5.32 Å². The predicted molar refractivity (Wildman–Crippen MR) is 95.3 cm³/mol. The van der Waals surface area contributed by atoms with Gasteiger partial charge >= 0.3 is 5.17 Å². The number of ether oxygens (including phenoxy) is 1. The van der Waals surface area contributed by atoms with E-state index in [9.17, 15) is 0 Å². The number of methoxy groups -OCH3 is 1. The number of nitrogens with one attached hydrogen (secondary N) is 1. The van der Waals surface area contributed by atoms with Crippen molar-refractivity contribution in [2.45, 2.75) is 40.0 Å². The largest absolute Gasteiger partial charge is 0.550 e. The number of nitrogens with zero attached hydrogens (tertiary/aromatic N) is 1. The molecule has 0 unspecified atom stereocenters. The Kier molecular flexibility index (Phi) is 7.72. The fourth-order valence-electron chi connectivity index (χ4n) is 2.56. The predicted octanol–water partition coefficient (Wildman–Crippen LogP) is 0.848. The van der Waals surface area contributed by atoms with Gasteiger partial charge in [-0.15, -0.1) is 0 Å². The zero-order valence-electron chi connectivity index (χ0n) is 14.1. The molecule has 0 fully saturated rings. The molecule has 0 saturated carbocycles. The maximum atomic E-state index is 8.89. The lowest BCUT2D eigenvalue weighted by molar-refractivity contribution is -0.302. The Bertz CT molecular complexity index is 631. The van der Waals surface area contributed by atoms with Crippen LogP contribution in [0.1, 0.15) is 43.4 Å². The highest BCUT2D eigenvalue weighted by Gasteiger charge is 2.22. The van der Waals surface area contributed by atoms with Crippen molar-refractivity contribution in [3.8, 4) is 5.75 Å². The van der Waals surface area contributed by atoms with Crippen LogP contribution in [0.5, 0.6) is 5.75 Å². The van der Waals surface area contributed by atoms with E-state index in [1.165, 1.54) is 16.7 Å². The monoisotopic (exact) mass is 336 g/mol. The molecule has 6 heteroatoms. The number of hydrogen-bond acceptors (Lipinski definition) is 3. The summed E-state index contributed by atoms with van der Waals surface area (Å²) < 4.78 is 9.97. The van der Waals surface area contributed by atoms with Crippen molar-refractivity contribution in [2.75, 3.05) is 13.7 Å². The third kappa shape index (κ3) is 6.00. The molecule has 126 valence electrons. The molecule has 1 aliphatic carbocycles. The zero-order valence-corrected chi connectivity index (χ0v) is 15.0. The number of rotatable bonds is 2. The standard InChI is InChI=1S/C15H20N2OS.C2H4O2/c1-4-16-15(19)17-13-7-5-6-11-9-12(18-3)8-10(2)14(11)13;1-2(3)4/h8-9H,4-7H2,1-3H3,(H,16,19);1H3,(H,3,4). The first-order valence-electron chi connectivity index (χ1n) is 7.61. The van der Waals surface area contributed by atoms with Crippen molar-refractivity contribution in [1.82, 2.24) is 9.98 Å². The Hall–Kier alpha value is -1.91. The zero-order chi connectivity index (χ0) is 17.4. The Labute approximate surface area is 142 Å². The number of fused-ring (bicyclic) bond motifs is 1. The molecule has 5 nitrogen and oxygen atoms in total. The fraction of sp³-hybridized carbons (Fsp3) is 0.471. The SMILES string of the molecule is CC(=O)[O-].CCNC(S)=[N+]=C1CCCc2cc(OC)cc(C)c21. The van der Waals surface area contributed by atoms with Crippen LogP contribution in [0.4, 0.5) is 0 Å². The third-order valence-electron chi connectivity index (χ3n) is 3.35. The quantitative estimate of drug-likeness (QED) is 0.363. The van der Waals surface area contributed by atoms with E-state index < -0.39 is 5.97 Å². The summed E-state index contributed by atoms with van der Waals surface area (Å²) in [5.74, 6) is -0.153. The Morgan fingerprint density at radius 3 is 2.65 bits per heavy atom. The molecule has 0 radical (unpaired) electrons. The van der Waals surface area contributed by atoms with Crippen LogP contribution >= 0.6 is 12.6 Å². The molecule has 1 N–H and O–H groups in total. The van der Waals surface area contributed by atoms with Crippen molar-refractivity contribution in [3.63, 3.8) is 0 Å². The van der Waals surface area contributed by atoms with Gasteiger partial charge in [0.1, 0.15) is 5.75 Å². The van der Waals surface area contributed by atoms with E-state index in [2.05, 4.69) is 41.7 Å². The van der Waals surface area contributed by atoms with Crippen LogP contribution in [0, 0.1) is 6.92 Å². The highest BCUT2D eigenvalue weighted by Crippen LogP contribution is 2.28. The second-order valence-electron chi connectivity index (χ2n) is 5.24. The second-order valence-corrected chi connectivity index (χ2v) is 5.66. The van der Waals surface area contributed by atoms with Crippen LogP contribution in [0.3, 0.4) is 0 Å². The van der Waals surface area contributed by atoms with Gasteiger partial charge in [0.05, 0.1) is 13.7 Å². The van der Waals surface area contributed by atoms with Gasteiger partial charge < -0.3 is 14.6 Å². The Balaban J connectivity index is 0.000000593. The number of aryl methyl sites for hydroxylation is 2. The average Bonchev–Trinajstić information content (AvgIpc) is 2.46. The second kappa shape index (κ2) is 9.28. The number of benzene rings is 1. The van der Waals surface area contributed by atoms with Crippen molar-refractivity contribution in [2.24, 2.45) is 0 Å². The van der Waals surface area contributed by atoms with Gasteiger partial charge in [0, 0.05) is 18.0 Å². The van der Waals surface area contributed by atoms with Crippen molar-refractivity contribution in [1.29, 1.82) is 0 Å². The number of carboxylic acid groups (broad SMARTS) is 1. The molecule has 1 aromatic carbocycles. The van der Waals surface area contributed by atoms with Gasteiger partial charge in [-0.05, 0) is 69.5 Å². The van der Waals surface area contributed by atoms with Gasteiger partial charge in [0.25, 0.3) is 0 Å². The van der Waals surface area contributed by atoms with Gasteiger partial charge in [-0.2, -0.15) is 0 Å². The minimum Gasteiger partial charge on any atom is -0.550 e. The number of aliphatic carboxylic acids is 1. The summed E-state index contributed by atoms with van der Waals surface area (Å²) in [6.45, 7) is 5.97. The molecule has 0 amide bonds. The summed E-state index contributed by atoms with van der Waals surface area (Å²) in [5.41, 5.74) is 4.97. The summed E-state index contributed by atoms with van der Waals surface area (Å²) in [7, 11) is 1.71. The van der Waals surface area contributed by atoms with E-state index in [1.807, 2.05) is 6.92 Å². The molecule has 0 saturated heterocycles. The average molecular weight is 336 g/mol. The van der Waals surface area contributed by atoms with Crippen molar-refractivity contribution >= 4 is 29.5 Å². The summed E-state index contributed by atoms with van der Waals surface area (Å²) in [6.07, 6.45) is 3.23. The normalized spacial score (nSPS) is 12.3. The first-order chi connectivity index (χ1) is 10.9. The molecule has 1 aromatic rings. The number of carbonyl (C=O) groups excluding carboxylic acids is 1. The molecule has 1 aliphatic rings. The van der Waals surface area contributed by atoms with Crippen LogP contribution in [0.25, 0.3) is 0 Å². The van der Waals surface area contributed by atoms with Crippen molar-refractivity contribution < 1.29 is 14.6 Å². The maximum Gasteiger partial charge on any atom is 0.401 e. The van der Waals surface area contributed by atoms with E-state index >= 15 is 0 Å². The van der Waals surface area contributed by atoms with Crippen LogP contribution in [-0.4, -0.2) is 30.5 Å². The number of carbonyl (C=O) groups is 1. The lowest BCUT2D eigenvalue weighted by Crippen LogP contribution is -2.24. The molecular formula is C17H24N2O3S. The molecular weight excluding hydrogens is 312 g/mol. The van der Waals surface area contributed by atoms with E-state index in [4.69, 9.17) is 14.6 Å². The van der Waals surface area contributed by atoms with E-state index in [1.54, 1.807) is 7.11 Å². The van der Waals surface area contributed by atoms with E-state index in [0.717, 1.165) is 44.2 Å². The van der Waals surface area contributed by atoms with Crippen LogP contribution in [-0.2, 0) is 11.2 Å².